The topological polar surface area (TPSA) is 38.0 Å². The summed E-state index contributed by atoms with van der Waals surface area (Å²) >= 11 is 0. The molecule has 2 nitrogen and oxygen atoms in total. The lowest BCUT2D eigenvalue weighted by Gasteiger charge is -2.13. The van der Waals surface area contributed by atoms with Crippen molar-refractivity contribution >= 4 is 0 Å². The zero-order chi connectivity index (χ0) is 13.8. The van der Waals surface area contributed by atoms with Crippen molar-refractivity contribution in [1.82, 2.24) is 5.32 Å². The number of hydrogen-bond acceptors (Lipinski definition) is 2. The summed E-state index contributed by atoms with van der Waals surface area (Å²) in [4.78, 5) is 0. The molecule has 0 heterocycles. The summed E-state index contributed by atoms with van der Waals surface area (Å²) in [7, 11) is 0. The van der Waals surface area contributed by atoms with Crippen LogP contribution in [0.15, 0.2) is 48.5 Å². The molecule has 17 heavy (non-hydrogen) atoms. The summed E-state index contributed by atoms with van der Waals surface area (Å²) in [6, 6.07) is 0. The first-order valence-electron chi connectivity index (χ1n) is 5.85. The molecule has 0 fully saturated rings. The highest BCUT2D eigenvalue weighted by molar-refractivity contribution is 5.46. The quantitative estimate of drug-likeness (QED) is 0.528. The van der Waals surface area contributed by atoms with E-state index in [2.05, 4.69) is 25.1 Å². The highest BCUT2D eigenvalue weighted by Crippen LogP contribution is 2.20. The molecule has 0 aliphatic carbocycles. The molecule has 0 aromatic rings. The van der Waals surface area contributed by atoms with Crippen molar-refractivity contribution in [2.45, 2.75) is 27.2 Å². The zero-order valence-corrected chi connectivity index (χ0v) is 11.3. The smallest absolute Gasteiger partial charge is 0.132 e. The molecule has 0 atom stereocenters. The lowest BCUT2D eigenvalue weighted by Crippen LogP contribution is -2.19. The number of nitrogens with one attached hydrogen (secondary N) is 1. The number of nitrogens with two attached hydrogens (primary N) is 1. The Hall–Kier alpha value is -1.35. The Morgan fingerprint density at radius 2 is 1.88 bits per heavy atom. The van der Waals surface area contributed by atoms with E-state index in [9.17, 15) is 4.39 Å². The monoisotopic (exact) mass is 240 g/mol. The summed E-state index contributed by atoms with van der Waals surface area (Å²) in [6.45, 7) is 17.8. The first-order chi connectivity index (χ1) is 8.04. The first-order valence-corrected chi connectivity index (χ1v) is 5.85. The SMILES string of the molecule is C=C/C(F)=C(\C(=C)C)C(=C)NCCCN.CC. The van der Waals surface area contributed by atoms with E-state index in [1.54, 1.807) is 6.92 Å². The summed E-state index contributed by atoms with van der Waals surface area (Å²) in [5.41, 5.74) is 6.88. The van der Waals surface area contributed by atoms with E-state index < -0.39 is 5.83 Å². The van der Waals surface area contributed by atoms with Gasteiger partial charge in [0, 0.05) is 17.8 Å². The predicted molar refractivity (Wildman–Crippen MR) is 75.3 cm³/mol. The second-order valence-electron chi connectivity index (χ2n) is 3.25. The Balaban J connectivity index is 0. The molecule has 3 N–H and O–H groups in total. The van der Waals surface area contributed by atoms with Crippen molar-refractivity contribution in [1.29, 1.82) is 0 Å². The minimum Gasteiger partial charge on any atom is -0.385 e. The van der Waals surface area contributed by atoms with Crippen LogP contribution in [0.5, 0.6) is 0 Å². The van der Waals surface area contributed by atoms with Crippen LogP contribution >= 0.6 is 0 Å². The van der Waals surface area contributed by atoms with Crippen LogP contribution in [-0.4, -0.2) is 13.1 Å². The third-order valence-electron chi connectivity index (χ3n) is 1.87. The zero-order valence-electron chi connectivity index (χ0n) is 11.3. The van der Waals surface area contributed by atoms with Crippen LogP contribution in [0.1, 0.15) is 27.2 Å². The van der Waals surface area contributed by atoms with Crippen LogP contribution < -0.4 is 11.1 Å². The van der Waals surface area contributed by atoms with E-state index in [0.29, 0.717) is 29.9 Å². The molecule has 0 rings (SSSR count). The van der Waals surface area contributed by atoms with Gasteiger partial charge in [-0.25, -0.2) is 4.39 Å². The van der Waals surface area contributed by atoms with E-state index in [1.165, 1.54) is 0 Å². The highest BCUT2D eigenvalue weighted by atomic mass is 19.1. The Labute approximate surface area is 105 Å². The maximum absolute atomic E-state index is 13.4. The summed E-state index contributed by atoms with van der Waals surface area (Å²) in [6.07, 6.45) is 1.97. The van der Waals surface area contributed by atoms with Gasteiger partial charge in [-0.1, -0.05) is 33.6 Å². The molecule has 0 saturated carbocycles. The van der Waals surface area contributed by atoms with E-state index >= 15 is 0 Å². The molecule has 0 radical (unpaired) electrons. The number of halogens is 1. The minimum atomic E-state index is -0.409. The van der Waals surface area contributed by atoms with Crippen LogP contribution in [-0.2, 0) is 0 Å². The van der Waals surface area contributed by atoms with Gasteiger partial charge in [0.15, 0.2) is 0 Å². The van der Waals surface area contributed by atoms with E-state index in [1.807, 2.05) is 13.8 Å². The number of hydrogen-bond donors (Lipinski definition) is 2. The molecule has 0 aromatic heterocycles. The maximum Gasteiger partial charge on any atom is 0.132 e. The standard InChI is InChI=1S/C12H19FN2.C2H6/c1-5-11(13)12(9(2)3)10(4)15-8-6-7-14;1-2/h5,15H,1-2,4,6-8,14H2,3H3;1-2H3/b12-11-;. The predicted octanol–water partition coefficient (Wildman–Crippen LogP) is 3.45. The van der Waals surface area contributed by atoms with Crippen LogP contribution in [0, 0.1) is 0 Å². The van der Waals surface area contributed by atoms with Gasteiger partial charge in [-0.2, -0.15) is 0 Å². The molecule has 0 aromatic carbocycles. The molecular weight excluding hydrogens is 215 g/mol. The lowest BCUT2D eigenvalue weighted by atomic mass is 10.1. The normalized spacial score (nSPS) is 10.6. The Bertz CT molecular complexity index is 291. The van der Waals surface area contributed by atoms with E-state index in [0.717, 1.165) is 12.5 Å². The summed E-state index contributed by atoms with van der Waals surface area (Å²) < 4.78 is 13.4. The molecule has 0 unspecified atom stereocenters. The van der Waals surface area contributed by atoms with Crippen LogP contribution in [0.4, 0.5) is 4.39 Å². The van der Waals surface area contributed by atoms with Gasteiger partial charge in [0.1, 0.15) is 5.83 Å². The Morgan fingerprint density at radius 3 is 2.24 bits per heavy atom. The van der Waals surface area contributed by atoms with Gasteiger partial charge in [-0.15, -0.1) is 0 Å². The van der Waals surface area contributed by atoms with Gasteiger partial charge in [0.2, 0.25) is 0 Å². The Kier molecular flexibility index (Phi) is 11.8. The third-order valence-corrected chi connectivity index (χ3v) is 1.87. The van der Waals surface area contributed by atoms with Gasteiger partial charge >= 0.3 is 0 Å². The van der Waals surface area contributed by atoms with Crippen molar-refractivity contribution in [3.63, 3.8) is 0 Å². The van der Waals surface area contributed by atoms with Gasteiger partial charge < -0.3 is 11.1 Å². The number of allylic oxidation sites excluding steroid dienone is 3. The molecule has 0 aliphatic heterocycles. The second-order valence-corrected chi connectivity index (χ2v) is 3.25. The van der Waals surface area contributed by atoms with E-state index in [-0.39, 0.29) is 0 Å². The minimum absolute atomic E-state index is 0.391. The van der Waals surface area contributed by atoms with Gasteiger partial charge in [-0.3, -0.25) is 0 Å². The fourth-order valence-corrected chi connectivity index (χ4v) is 1.14. The highest BCUT2D eigenvalue weighted by Gasteiger charge is 2.08. The van der Waals surface area contributed by atoms with Crippen LogP contribution in [0.3, 0.4) is 0 Å². The third kappa shape index (κ3) is 7.53. The lowest BCUT2D eigenvalue weighted by molar-refractivity contribution is 0.651. The van der Waals surface area contributed by atoms with Crippen molar-refractivity contribution in [3.05, 3.63) is 48.5 Å². The van der Waals surface area contributed by atoms with Gasteiger partial charge in [-0.05, 0) is 31.5 Å². The number of rotatable bonds is 7. The van der Waals surface area contributed by atoms with Crippen molar-refractivity contribution in [2.75, 3.05) is 13.1 Å². The molecular formula is C14H25FN2. The molecule has 0 aliphatic rings. The molecule has 3 heteroatoms. The van der Waals surface area contributed by atoms with Gasteiger partial charge in [0.05, 0.1) is 0 Å². The second kappa shape index (κ2) is 11.1. The molecule has 0 amide bonds. The van der Waals surface area contributed by atoms with Crippen molar-refractivity contribution < 1.29 is 4.39 Å². The summed E-state index contributed by atoms with van der Waals surface area (Å²) in [5, 5.41) is 3.00. The molecule has 0 spiro atoms. The molecule has 0 bridgehead atoms. The fourth-order valence-electron chi connectivity index (χ4n) is 1.14. The van der Waals surface area contributed by atoms with Crippen molar-refractivity contribution in [2.24, 2.45) is 5.73 Å². The fraction of sp³-hybridized carbons (Fsp3) is 0.429. The molecule has 0 saturated heterocycles. The average Bonchev–Trinajstić information content (AvgIpc) is 2.31. The van der Waals surface area contributed by atoms with E-state index in [4.69, 9.17) is 5.73 Å². The first kappa shape index (κ1) is 18.0. The Morgan fingerprint density at radius 1 is 1.35 bits per heavy atom. The maximum atomic E-state index is 13.4. The largest absolute Gasteiger partial charge is 0.385 e. The van der Waals surface area contributed by atoms with Gasteiger partial charge in [0.25, 0.3) is 0 Å². The van der Waals surface area contributed by atoms with Crippen LogP contribution in [0.25, 0.3) is 0 Å². The van der Waals surface area contributed by atoms with Crippen molar-refractivity contribution in [3.8, 4) is 0 Å². The van der Waals surface area contributed by atoms with Crippen LogP contribution in [0.2, 0.25) is 0 Å². The molecule has 98 valence electrons. The average molecular weight is 240 g/mol. The summed E-state index contributed by atoms with van der Waals surface area (Å²) in [5.74, 6) is -0.409.